The number of nitrogens with zero attached hydrogens (tertiary/aromatic N) is 2. The Morgan fingerprint density at radius 2 is 1.68 bits per heavy atom. The second kappa shape index (κ2) is 12.7. The summed E-state index contributed by atoms with van der Waals surface area (Å²) in [5.41, 5.74) is 2.35. The highest BCUT2D eigenvalue weighted by Gasteiger charge is 2.32. The number of sulfonamides is 1. The zero-order valence-electron chi connectivity index (χ0n) is 22.1. The molecule has 0 aliphatic rings. The number of hydrogen-bond acceptors (Lipinski definition) is 4. The maximum Gasteiger partial charge on any atom is 0.244 e. The summed E-state index contributed by atoms with van der Waals surface area (Å²) in [4.78, 5) is 28.5. The van der Waals surface area contributed by atoms with Crippen molar-refractivity contribution in [3.05, 3.63) is 77.9 Å². The van der Waals surface area contributed by atoms with Gasteiger partial charge in [-0.2, -0.15) is 0 Å². The van der Waals surface area contributed by atoms with Crippen LogP contribution in [0.15, 0.2) is 66.7 Å². The maximum absolute atomic E-state index is 13.9. The molecule has 8 heteroatoms. The molecule has 0 fully saturated rings. The Bertz CT molecular complexity index is 1330. The number of amides is 2. The number of hydrogen-bond donors (Lipinski definition) is 1. The van der Waals surface area contributed by atoms with Crippen LogP contribution in [0.4, 0.5) is 5.69 Å². The molecule has 1 atom stereocenters. The van der Waals surface area contributed by atoms with Gasteiger partial charge in [0.1, 0.15) is 12.6 Å². The smallest absolute Gasteiger partial charge is 0.244 e. The van der Waals surface area contributed by atoms with Gasteiger partial charge in [0.15, 0.2) is 0 Å². The molecule has 0 saturated heterocycles. The molecular formula is C29H37N3O4S. The van der Waals surface area contributed by atoms with Crippen LogP contribution in [-0.2, 0) is 26.2 Å². The highest BCUT2D eigenvalue weighted by atomic mass is 32.2. The molecule has 0 bridgehead atoms. The molecule has 1 unspecified atom stereocenters. The predicted molar refractivity (Wildman–Crippen MR) is 150 cm³/mol. The molecule has 0 aromatic heterocycles. The Morgan fingerprint density at radius 1 is 0.973 bits per heavy atom. The fraction of sp³-hybridized carbons (Fsp3) is 0.379. The van der Waals surface area contributed by atoms with Crippen molar-refractivity contribution in [2.24, 2.45) is 0 Å². The van der Waals surface area contributed by atoms with Crippen LogP contribution < -0.4 is 9.62 Å². The van der Waals surface area contributed by atoms with Crippen LogP contribution in [0.2, 0.25) is 0 Å². The van der Waals surface area contributed by atoms with Crippen LogP contribution in [0.5, 0.6) is 0 Å². The third kappa shape index (κ3) is 7.32. The lowest BCUT2D eigenvalue weighted by Gasteiger charge is -2.33. The van der Waals surface area contributed by atoms with Gasteiger partial charge in [0.2, 0.25) is 21.8 Å². The SMILES string of the molecule is CCCCNC(=O)C(CC)N(Cc1cccc(C)c1)C(=O)CN(c1cccc2ccccc12)S(C)(=O)=O. The van der Waals surface area contributed by atoms with Gasteiger partial charge in [0.05, 0.1) is 11.9 Å². The van der Waals surface area contributed by atoms with E-state index in [0.717, 1.165) is 45.3 Å². The number of carbonyl (C=O) groups is 2. The first-order valence-electron chi connectivity index (χ1n) is 12.7. The summed E-state index contributed by atoms with van der Waals surface area (Å²) in [6.45, 7) is 6.20. The van der Waals surface area contributed by atoms with E-state index in [1.54, 1.807) is 12.1 Å². The number of fused-ring (bicyclic) bond motifs is 1. The quantitative estimate of drug-likeness (QED) is 0.351. The molecule has 3 aromatic rings. The van der Waals surface area contributed by atoms with Gasteiger partial charge in [-0.1, -0.05) is 86.5 Å². The van der Waals surface area contributed by atoms with E-state index in [9.17, 15) is 18.0 Å². The number of anilines is 1. The van der Waals surface area contributed by atoms with Gasteiger partial charge < -0.3 is 10.2 Å². The summed E-state index contributed by atoms with van der Waals surface area (Å²) in [5.74, 6) is -0.662. The average molecular weight is 524 g/mol. The van der Waals surface area contributed by atoms with Crippen LogP contribution in [0.1, 0.15) is 44.2 Å². The molecule has 7 nitrogen and oxygen atoms in total. The fourth-order valence-corrected chi connectivity index (χ4v) is 5.31. The first-order valence-corrected chi connectivity index (χ1v) is 14.6. The summed E-state index contributed by atoms with van der Waals surface area (Å²) in [7, 11) is -3.80. The third-order valence-corrected chi connectivity index (χ3v) is 7.49. The number of carbonyl (C=O) groups excluding carboxylic acids is 2. The fourth-order valence-electron chi connectivity index (χ4n) is 4.45. The molecule has 0 heterocycles. The summed E-state index contributed by atoms with van der Waals surface area (Å²) >= 11 is 0. The van der Waals surface area contributed by atoms with E-state index >= 15 is 0 Å². The van der Waals surface area contributed by atoms with Gasteiger partial charge in [0, 0.05) is 18.5 Å². The van der Waals surface area contributed by atoms with Crippen molar-refractivity contribution in [1.29, 1.82) is 0 Å². The van der Waals surface area contributed by atoms with Crippen LogP contribution >= 0.6 is 0 Å². The lowest BCUT2D eigenvalue weighted by atomic mass is 10.1. The Balaban J connectivity index is 1.99. The van der Waals surface area contributed by atoms with Crippen LogP contribution in [0.25, 0.3) is 10.8 Å². The molecule has 0 saturated carbocycles. The monoisotopic (exact) mass is 523 g/mol. The second-order valence-corrected chi connectivity index (χ2v) is 11.3. The van der Waals surface area contributed by atoms with Gasteiger partial charge in [-0.25, -0.2) is 8.42 Å². The van der Waals surface area contributed by atoms with E-state index in [2.05, 4.69) is 5.32 Å². The van der Waals surface area contributed by atoms with E-state index in [1.807, 2.05) is 75.4 Å². The van der Waals surface area contributed by atoms with Crippen molar-refractivity contribution >= 4 is 38.3 Å². The number of nitrogens with one attached hydrogen (secondary N) is 1. The Labute approximate surface area is 220 Å². The maximum atomic E-state index is 13.9. The molecule has 0 aliphatic carbocycles. The molecule has 0 radical (unpaired) electrons. The molecule has 198 valence electrons. The van der Waals surface area contributed by atoms with E-state index in [1.165, 1.54) is 4.90 Å². The Kier molecular flexibility index (Phi) is 9.69. The summed E-state index contributed by atoms with van der Waals surface area (Å²) < 4.78 is 27.1. The van der Waals surface area contributed by atoms with Gasteiger partial charge >= 0.3 is 0 Å². The van der Waals surface area contributed by atoms with Gasteiger partial charge in [0.25, 0.3) is 0 Å². The minimum absolute atomic E-state index is 0.202. The van der Waals surface area contributed by atoms with Crippen molar-refractivity contribution in [2.75, 3.05) is 23.7 Å². The molecule has 3 aromatic carbocycles. The number of unbranched alkanes of at least 4 members (excludes halogenated alkanes) is 1. The van der Waals surface area contributed by atoms with Crippen molar-refractivity contribution in [1.82, 2.24) is 10.2 Å². The number of aryl methyl sites for hydroxylation is 1. The molecule has 2 amide bonds. The first-order chi connectivity index (χ1) is 17.7. The van der Waals surface area contributed by atoms with Crippen molar-refractivity contribution in [2.45, 2.75) is 52.6 Å². The average Bonchev–Trinajstić information content (AvgIpc) is 2.86. The third-order valence-electron chi connectivity index (χ3n) is 6.37. The molecule has 0 spiro atoms. The van der Waals surface area contributed by atoms with Gasteiger partial charge in [-0.15, -0.1) is 0 Å². The summed E-state index contributed by atoms with van der Waals surface area (Å²) in [6, 6.07) is 19.9. The summed E-state index contributed by atoms with van der Waals surface area (Å²) in [6.07, 6.45) is 3.29. The largest absolute Gasteiger partial charge is 0.354 e. The lowest BCUT2D eigenvalue weighted by Crippen LogP contribution is -2.52. The zero-order valence-corrected chi connectivity index (χ0v) is 22.9. The Morgan fingerprint density at radius 3 is 2.35 bits per heavy atom. The predicted octanol–water partition coefficient (Wildman–Crippen LogP) is 4.64. The standard InChI is InChI=1S/C29H37N3O4S/c1-5-7-18-30-29(34)26(6-2)31(20-23-13-10-12-22(3)19-23)28(33)21-32(37(4,35)36)27-17-11-15-24-14-8-9-16-25(24)27/h8-17,19,26H,5-7,18,20-21H2,1-4H3,(H,30,34). The topological polar surface area (TPSA) is 86.8 Å². The van der Waals surface area contributed by atoms with Crippen molar-refractivity contribution in [3.63, 3.8) is 0 Å². The van der Waals surface area contributed by atoms with Crippen molar-refractivity contribution in [3.8, 4) is 0 Å². The highest BCUT2D eigenvalue weighted by Crippen LogP contribution is 2.29. The Hall–Kier alpha value is -3.39. The molecule has 0 aliphatic heterocycles. The summed E-state index contributed by atoms with van der Waals surface area (Å²) in [5, 5.41) is 4.55. The zero-order chi connectivity index (χ0) is 27.0. The molecule has 1 N–H and O–H groups in total. The van der Waals surface area contributed by atoms with Gasteiger partial charge in [-0.05, 0) is 36.8 Å². The van der Waals surface area contributed by atoms with Gasteiger partial charge in [-0.3, -0.25) is 13.9 Å². The normalized spacial score (nSPS) is 12.2. The van der Waals surface area contributed by atoms with E-state index in [4.69, 9.17) is 0 Å². The number of benzene rings is 3. The van der Waals surface area contributed by atoms with Crippen LogP contribution in [0.3, 0.4) is 0 Å². The minimum Gasteiger partial charge on any atom is -0.354 e. The first kappa shape index (κ1) is 28.2. The van der Waals surface area contributed by atoms with Crippen molar-refractivity contribution < 1.29 is 18.0 Å². The molecule has 37 heavy (non-hydrogen) atoms. The van der Waals surface area contributed by atoms with E-state index in [-0.39, 0.29) is 12.5 Å². The lowest BCUT2D eigenvalue weighted by molar-refractivity contribution is -0.140. The molecular weight excluding hydrogens is 486 g/mol. The highest BCUT2D eigenvalue weighted by molar-refractivity contribution is 7.92. The van der Waals surface area contributed by atoms with Crippen LogP contribution in [-0.4, -0.2) is 50.5 Å². The number of rotatable bonds is 12. The van der Waals surface area contributed by atoms with E-state index in [0.29, 0.717) is 18.7 Å². The minimum atomic E-state index is -3.80. The van der Waals surface area contributed by atoms with Crippen LogP contribution in [0, 0.1) is 6.92 Å². The second-order valence-electron chi connectivity index (χ2n) is 9.35. The molecule has 3 rings (SSSR count). The van der Waals surface area contributed by atoms with E-state index < -0.39 is 28.5 Å².